The summed E-state index contributed by atoms with van der Waals surface area (Å²) in [4.78, 5) is 10.1. The zero-order chi connectivity index (χ0) is 41.0. The normalized spacial score (nSPS) is 11.5. The summed E-state index contributed by atoms with van der Waals surface area (Å²) in [7, 11) is 0. The molecule has 9 aromatic carbocycles. The van der Waals surface area contributed by atoms with Crippen molar-refractivity contribution in [3.63, 3.8) is 0 Å². The molecule has 4 nitrogen and oxygen atoms in total. The van der Waals surface area contributed by atoms with Crippen LogP contribution >= 0.6 is 0 Å². The largest absolute Gasteiger partial charge is 0.309 e. The van der Waals surface area contributed by atoms with Gasteiger partial charge in [-0.2, -0.15) is 0 Å². The van der Waals surface area contributed by atoms with Crippen molar-refractivity contribution in [3.05, 3.63) is 231 Å². The molecule has 0 saturated carbocycles. The van der Waals surface area contributed by atoms with E-state index in [2.05, 4.69) is 203 Å². The maximum absolute atomic E-state index is 5.07. The fourth-order valence-corrected chi connectivity index (χ4v) is 9.16. The summed E-state index contributed by atoms with van der Waals surface area (Å²) in [5, 5.41) is 4.95. The van der Waals surface area contributed by atoms with Crippen molar-refractivity contribution < 1.29 is 0 Å². The number of hydrogen-bond acceptors (Lipinski definition) is 2. The summed E-state index contributed by atoms with van der Waals surface area (Å²) < 4.78 is 4.80. The van der Waals surface area contributed by atoms with E-state index in [0.717, 1.165) is 56.1 Å². The number of fused-ring (bicyclic) bond motifs is 6. The van der Waals surface area contributed by atoms with Gasteiger partial charge in [-0.25, -0.2) is 9.97 Å². The Hall–Kier alpha value is -8.34. The summed E-state index contributed by atoms with van der Waals surface area (Å²) in [5.74, 6) is 0.702. The van der Waals surface area contributed by atoms with Crippen molar-refractivity contribution in [1.29, 1.82) is 0 Å². The molecule has 3 aromatic heterocycles. The van der Waals surface area contributed by atoms with Gasteiger partial charge in [-0.05, 0) is 76.9 Å². The van der Waals surface area contributed by atoms with Crippen LogP contribution in [0.4, 0.5) is 0 Å². The van der Waals surface area contributed by atoms with Gasteiger partial charge in [0.15, 0.2) is 5.82 Å². The Morgan fingerprint density at radius 3 is 1.23 bits per heavy atom. The van der Waals surface area contributed by atoms with Gasteiger partial charge in [0.25, 0.3) is 0 Å². The van der Waals surface area contributed by atoms with Crippen molar-refractivity contribution >= 4 is 43.6 Å². The van der Waals surface area contributed by atoms with Gasteiger partial charge in [-0.15, -0.1) is 0 Å². The first-order valence-electron chi connectivity index (χ1n) is 21.1. The highest BCUT2D eigenvalue weighted by Crippen LogP contribution is 2.38. The molecule has 0 bridgehead atoms. The van der Waals surface area contributed by atoms with Crippen LogP contribution in [0.3, 0.4) is 0 Å². The van der Waals surface area contributed by atoms with Crippen molar-refractivity contribution in [2.45, 2.75) is 0 Å². The van der Waals surface area contributed by atoms with Crippen LogP contribution in [-0.2, 0) is 0 Å². The Morgan fingerprint density at radius 2 is 0.645 bits per heavy atom. The quantitative estimate of drug-likeness (QED) is 0.161. The van der Waals surface area contributed by atoms with E-state index in [9.17, 15) is 0 Å². The molecular weight excluding hydrogens is 753 g/mol. The van der Waals surface area contributed by atoms with Crippen LogP contribution in [0, 0.1) is 0 Å². The molecule has 12 rings (SSSR count). The molecule has 0 amide bonds. The molecule has 0 aliphatic carbocycles. The fraction of sp³-hybridized carbons (Fsp3) is 0. The standard InChI is InChI=1S/C58H38N4/c1-4-15-40(16-5-1)52-38-53(41-17-6-2-7-18-41)60-58(59-52)42-29-27-39(28-30-42)44-31-33-51-49-24-11-13-26-55(49)62(57(51)36-44)47-22-14-19-43(35-47)45-32-34-50-48-23-10-12-25-54(48)61(56(50)37-45)46-20-8-3-9-21-46/h1-38H. The lowest BCUT2D eigenvalue weighted by molar-refractivity contribution is 1.18. The molecular formula is C58H38N4. The third-order valence-electron chi connectivity index (χ3n) is 12.1. The number of aromatic nitrogens is 4. The lowest BCUT2D eigenvalue weighted by Gasteiger charge is -2.12. The second-order valence-corrected chi connectivity index (χ2v) is 15.8. The van der Waals surface area contributed by atoms with Gasteiger partial charge in [0.2, 0.25) is 0 Å². The molecule has 0 radical (unpaired) electrons. The van der Waals surface area contributed by atoms with Gasteiger partial charge in [0.1, 0.15) is 0 Å². The maximum Gasteiger partial charge on any atom is 0.160 e. The third-order valence-corrected chi connectivity index (χ3v) is 12.1. The number of para-hydroxylation sites is 3. The SMILES string of the molecule is c1ccc(-c2cc(-c3ccccc3)nc(-c3ccc(-c4ccc5c6ccccc6n(-c6cccc(-c7ccc8c9ccccc9n(-c9ccccc9)c8c7)c6)c5c4)cc3)n2)cc1. The van der Waals surface area contributed by atoms with E-state index in [0.29, 0.717) is 5.82 Å². The summed E-state index contributed by atoms with van der Waals surface area (Å²) in [6.07, 6.45) is 0. The average molecular weight is 791 g/mol. The van der Waals surface area contributed by atoms with E-state index < -0.39 is 0 Å². The average Bonchev–Trinajstić information content (AvgIpc) is 3.87. The van der Waals surface area contributed by atoms with Crippen LogP contribution < -0.4 is 0 Å². The van der Waals surface area contributed by atoms with E-state index in [1.807, 2.05) is 36.4 Å². The van der Waals surface area contributed by atoms with Crippen LogP contribution in [0.15, 0.2) is 231 Å². The molecule has 0 atom stereocenters. The summed E-state index contributed by atoms with van der Waals surface area (Å²) in [6.45, 7) is 0. The van der Waals surface area contributed by atoms with Crippen LogP contribution in [-0.4, -0.2) is 19.1 Å². The van der Waals surface area contributed by atoms with Gasteiger partial charge in [0, 0.05) is 49.6 Å². The molecule has 0 aliphatic heterocycles. The predicted molar refractivity (Wildman–Crippen MR) is 258 cm³/mol. The Labute approximate surface area is 359 Å². The van der Waals surface area contributed by atoms with E-state index in [4.69, 9.17) is 9.97 Å². The highest BCUT2D eigenvalue weighted by atomic mass is 15.0. The van der Waals surface area contributed by atoms with Crippen LogP contribution in [0.5, 0.6) is 0 Å². The Kier molecular flexibility index (Phi) is 8.46. The number of nitrogens with zero attached hydrogens (tertiary/aromatic N) is 4. The third kappa shape index (κ3) is 6.08. The topological polar surface area (TPSA) is 35.6 Å². The number of rotatable bonds is 7. The van der Waals surface area contributed by atoms with E-state index >= 15 is 0 Å². The molecule has 0 unspecified atom stereocenters. The monoisotopic (exact) mass is 790 g/mol. The van der Waals surface area contributed by atoms with E-state index in [1.165, 1.54) is 49.2 Å². The molecule has 290 valence electrons. The van der Waals surface area contributed by atoms with Crippen molar-refractivity contribution in [3.8, 4) is 67.5 Å². The lowest BCUT2D eigenvalue weighted by Crippen LogP contribution is -1.96. The molecule has 0 aliphatic rings. The lowest BCUT2D eigenvalue weighted by atomic mass is 10.0. The summed E-state index contributed by atoms with van der Waals surface area (Å²) in [5.41, 5.74) is 16.5. The number of hydrogen-bond donors (Lipinski definition) is 0. The smallest absolute Gasteiger partial charge is 0.160 e. The maximum atomic E-state index is 5.07. The van der Waals surface area contributed by atoms with Crippen LogP contribution in [0.2, 0.25) is 0 Å². The van der Waals surface area contributed by atoms with E-state index in [1.54, 1.807) is 0 Å². The van der Waals surface area contributed by atoms with Gasteiger partial charge < -0.3 is 9.13 Å². The molecule has 62 heavy (non-hydrogen) atoms. The Balaban J connectivity index is 0.946. The van der Waals surface area contributed by atoms with Gasteiger partial charge >= 0.3 is 0 Å². The molecule has 0 saturated heterocycles. The molecule has 0 N–H and O–H groups in total. The highest BCUT2D eigenvalue weighted by Gasteiger charge is 2.17. The van der Waals surface area contributed by atoms with Crippen molar-refractivity contribution in [2.24, 2.45) is 0 Å². The zero-order valence-electron chi connectivity index (χ0n) is 33.7. The summed E-state index contributed by atoms with van der Waals surface area (Å²) in [6, 6.07) is 82.2. The minimum absolute atomic E-state index is 0.702. The first kappa shape index (κ1) is 35.6. The summed E-state index contributed by atoms with van der Waals surface area (Å²) >= 11 is 0. The molecule has 3 heterocycles. The first-order valence-corrected chi connectivity index (χ1v) is 21.1. The van der Waals surface area contributed by atoms with Crippen LogP contribution in [0.25, 0.3) is 111 Å². The first-order chi connectivity index (χ1) is 30.7. The minimum Gasteiger partial charge on any atom is -0.309 e. The Bertz CT molecular complexity index is 3550. The van der Waals surface area contributed by atoms with Gasteiger partial charge in [-0.3, -0.25) is 0 Å². The molecule has 0 spiro atoms. The van der Waals surface area contributed by atoms with Gasteiger partial charge in [0.05, 0.1) is 33.5 Å². The highest BCUT2D eigenvalue weighted by molar-refractivity contribution is 6.11. The second kappa shape index (κ2) is 14.7. The Morgan fingerprint density at radius 1 is 0.242 bits per heavy atom. The fourth-order valence-electron chi connectivity index (χ4n) is 9.16. The van der Waals surface area contributed by atoms with Crippen molar-refractivity contribution in [1.82, 2.24) is 19.1 Å². The van der Waals surface area contributed by atoms with Gasteiger partial charge in [-0.1, -0.05) is 176 Å². The second-order valence-electron chi connectivity index (χ2n) is 15.8. The molecule has 4 heteroatoms. The zero-order valence-corrected chi connectivity index (χ0v) is 33.7. The van der Waals surface area contributed by atoms with Crippen molar-refractivity contribution in [2.75, 3.05) is 0 Å². The predicted octanol–water partition coefficient (Wildman–Crippen LogP) is 15.0. The minimum atomic E-state index is 0.702. The van der Waals surface area contributed by atoms with Crippen LogP contribution in [0.1, 0.15) is 0 Å². The number of benzene rings is 9. The molecule has 0 fully saturated rings. The van der Waals surface area contributed by atoms with E-state index in [-0.39, 0.29) is 0 Å². The molecule has 12 aromatic rings.